The molecule has 31 heavy (non-hydrogen) atoms. The largest absolute Gasteiger partial charge is 0.337 e. The van der Waals surface area contributed by atoms with Gasteiger partial charge in [0, 0.05) is 17.6 Å². The zero-order valence-electron chi connectivity index (χ0n) is 17.4. The molecule has 8 nitrogen and oxygen atoms in total. The Morgan fingerprint density at radius 3 is 2.90 bits per heavy atom. The third-order valence-electron chi connectivity index (χ3n) is 5.71. The molecule has 0 saturated heterocycles. The molecule has 9 heteroatoms. The third-order valence-corrected chi connectivity index (χ3v) is 6.59. The number of hydrogen-bond donors (Lipinski definition) is 3. The van der Waals surface area contributed by atoms with Crippen LogP contribution >= 0.6 is 11.3 Å². The summed E-state index contributed by atoms with van der Waals surface area (Å²) in [7, 11) is 0. The zero-order chi connectivity index (χ0) is 21.8. The molecule has 0 bridgehead atoms. The van der Waals surface area contributed by atoms with Crippen LogP contribution in [0.4, 0.5) is 11.4 Å². The van der Waals surface area contributed by atoms with Crippen LogP contribution in [0, 0.1) is 0 Å². The third kappa shape index (κ3) is 3.12. The van der Waals surface area contributed by atoms with E-state index < -0.39 is 5.41 Å². The smallest absolute Gasteiger partial charge is 0.237 e. The summed E-state index contributed by atoms with van der Waals surface area (Å²) in [6.07, 6.45) is 1.96. The topological polar surface area (TPSA) is 107 Å². The predicted molar refractivity (Wildman–Crippen MR) is 121 cm³/mol. The van der Waals surface area contributed by atoms with E-state index in [1.54, 1.807) is 22.4 Å². The molecule has 1 aliphatic rings. The van der Waals surface area contributed by atoms with E-state index in [1.807, 2.05) is 50.4 Å². The summed E-state index contributed by atoms with van der Waals surface area (Å²) in [6.45, 7) is 6.47. The Morgan fingerprint density at radius 2 is 2.16 bits per heavy atom. The number of likely N-dealkylation sites (N-methyl/N-ethyl adjacent to an activating group) is 1. The SMILES string of the molecule is CCN1C(=O)C(C)(C)c2cc3[nH]c(-c4n[nH]cc4NC(=O)Cc4cccs4)nc3cc21. The van der Waals surface area contributed by atoms with Gasteiger partial charge in [0.25, 0.3) is 0 Å². The molecular formula is C22H22N6O2S. The van der Waals surface area contributed by atoms with Crippen LogP contribution < -0.4 is 10.2 Å². The summed E-state index contributed by atoms with van der Waals surface area (Å²) in [5.74, 6) is 0.540. The fourth-order valence-electron chi connectivity index (χ4n) is 4.09. The van der Waals surface area contributed by atoms with Crippen LogP contribution in [0.5, 0.6) is 0 Å². The average molecular weight is 435 g/mol. The molecule has 4 aromatic rings. The number of thiophene rings is 1. The lowest BCUT2D eigenvalue weighted by molar-refractivity contribution is -0.122. The van der Waals surface area contributed by atoms with E-state index in [4.69, 9.17) is 4.98 Å². The number of carbonyl (C=O) groups excluding carboxylic acids is 2. The minimum atomic E-state index is -0.585. The van der Waals surface area contributed by atoms with Gasteiger partial charge >= 0.3 is 0 Å². The van der Waals surface area contributed by atoms with Crippen LogP contribution in [-0.4, -0.2) is 38.5 Å². The molecule has 0 saturated carbocycles. The van der Waals surface area contributed by atoms with Crippen molar-refractivity contribution in [3.05, 3.63) is 46.3 Å². The first-order chi connectivity index (χ1) is 14.9. The van der Waals surface area contributed by atoms with Crippen molar-refractivity contribution in [2.75, 3.05) is 16.8 Å². The number of rotatable bonds is 5. The van der Waals surface area contributed by atoms with Gasteiger partial charge in [-0.15, -0.1) is 11.3 Å². The van der Waals surface area contributed by atoms with E-state index in [0.717, 1.165) is 27.2 Å². The van der Waals surface area contributed by atoms with Crippen LogP contribution in [0.3, 0.4) is 0 Å². The monoisotopic (exact) mass is 434 g/mol. The molecule has 0 radical (unpaired) electrons. The summed E-state index contributed by atoms with van der Waals surface area (Å²) in [4.78, 5) is 36.0. The molecule has 0 aliphatic carbocycles. The summed E-state index contributed by atoms with van der Waals surface area (Å²) in [6, 6.07) is 7.81. The van der Waals surface area contributed by atoms with Gasteiger partial charge in [0.2, 0.25) is 11.8 Å². The Labute approximate surface area is 182 Å². The van der Waals surface area contributed by atoms with Gasteiger partial charge in [-0.2, -0.15) is 5.10 Å². The second-order valence-electron chi connectivity index (χ2n) is 8.10. The molecule has 5 rings (SSSR count). The van der Waals surface area contributed by atoms with Crippen molar-refractivity contribution in [1.82, 2.24) is 20.2 Å². The van der Waals surface area contributed by atoms with Gasteiger partial charge < -0.3 is 15.2 Å². The Morgan fingerprint density at radius 1 is 1.32 bits per heavy atom. The fourth-order valence-corrected chi connectivity index (χ4v) is 4.79. The maximum Gasteiger partial charge on any atom is 0.237 e. The first-order valence-corrected chi connectivity index (χ1v) is 11.0. The van der Waals surface area contributed by atoms with Crippen molar-refractivity contribution in [2.45, 2.75) is 32.6 Å². The molecule has 0 atom stereocenters. The minimum Gasteiger partial charge on any atom is -0.337 e. The Balaban J connectivity index is 1.48. The summed E-state index contributed by atoms with van der Waals surface area (Å²) < 4.78 is 0. The highest BCUT2D eigenvalue weighted by Crippen LogP contribution is 2.43. The number of fused-ring (bicyclic) bond motifs is 2. The van der Waals surface area contributed by atoms with Gasteiger partial charge in [-0.25, -0.2) is 4.98 Å². The molecule has 0 unspecified atom stereocenters. The molecular weight excluding hydrogens is 412 g/mol. The fraction of sp³-hybridized carbons (Fsp3) is 0.273. The average Bonchev–Trinajstić information content (AvgIpc) is 3.49. The number of hydrogen-bond acceptors (Lipinski definition) is 5. The molecule has 3 N–H and O–H groups in total. The molecule has 2 amide bonds. The van der Waals surface area contributed by atoms with Crippen molar-refractivity contribution in [1.29, 1.82) is 0 Å². The summed E-state index contributed by atoms with van der Waals surface area (Å²) in [5, 5.41) is 12.0. The maximum absolute atomic E-state index is 12.8. The highest BCUT2D eigenvalue weighted by molar-refractivity contribution is 7.10. The number of amides is 2. The minimum absolute atomic E-state index is 0.0981. The van der Waals surface area contributed by atoms with E-state index in [0.29, 0.717) is 30.2 Å². The van der Waals surface area contributed by atoms with Crippen LogP contribution in [0.2, 0.25) is 0 Å². The molecule has 4 heterocycles. The normalized spacial score (nSPS) is 14.9. The standard InChI is InChI=1S/C22H22N6O2S/c1-4-28-17-10-15-14(9-13(17)22(2,3)21(28)30)25-20(26-15)19-16(11-23-27-19)24-18(29)8-12-6-5-7-31-12/h5-7,9-11H,4,8H2,1-3H3,(H,23,27)(H,24,29)(H,25,26). The van der Waals surface area contributed by atoms with E-state index in [9.17, 15) is 9.59 Å². The number of aromatic amines is 2. The first-order valence-electron chi connectivity index (χ1n) is 10.1. The van der Waals surface area contributed by atoms with Gasteiger partial charge in [0.15, 0.2) is 11.5 Å². The number of nitrogens with zero attached hydrogens (tertiary/aromatic N) is 3. The number of anilines is 2. The van der Waals surface area contributed by atoms with Crippen molar-refractivity contribution in [3.8, 4) is 11.5 Å². The Bertz CT molecular complexity index is 1300. The van der Waals surface area contributed by atoms with Crippen molar-refractivity contribution in [2.24, 2.45) is 0 Å². The molecule has 158 valence electrons. The van der Waals surface area contributed by atoms with Gasteiger partial charge in [0.05, 0.1) is 34.2 Å². The number of aromatic nitrogens is 4. The van der Waals surface area contributed by atoms with Gasteiger partial charge in [-0.1, -0.05) is 6.07 Å². The molecule has 0 fully saturated rings. The molecule has 0 spiro atoms. The molecule has 1 aromatic carbocycles. The van der Waals surface area contributed by atoms with Gasteiger partial charge in [0.1, 0.15) is 0 Å². The second-order valence-corrected chi connectivity index (χ2v) is 9.13. The van der Waals surface area contributed by atoms with Crippen molar-refractivity contribution >= 4 is 45.6 Å². The quantitative estimate of drug-likeness (QED) is 0.444. The first kappa shape index (κ1) is 19.5. The van der Waals surface area contributed by atoms with E-state index >= 15 is 0 Å². The van der Waals surface area contributed by atoms with Crippen LogP contribution in [0.1, 0.15) is 31.2 Å². The van der Waals surface area contributed by atoms with Gasteiger partial charge in [-0.05, 0) is 49.9 Å². The van der Waals surface area contributed by atoms with E-state index in [2.05, 4.69) is 20.5 Å². The van der Waals surface area contributed by atoms with E-state index in [-0.39, 0.29) is 11.8 Å². The number of imidazole rings is 1. The van der Waals surface area contributed by atoms with Crippen LogP contribution in [0.15, 0.2) is 35.8 Å². The Kier molecular flexibility index (Phi) is 4.44. The van der Waals surface area contributed by atoms with Crippen LogP contribution in [0.25, 0.3) is 22.6 Å². The lowest BCUT2D eigenvalue weighted by Gasteiger charge is -2.18. The van der Waals surface area contributed by atoms with E-state index in [1.165, 1.54) is 0 Å². The predicted octanol–water partition coefficient (Wildman–Crippen LogP) is 3.84. The summed E-state index contributed by atoms with van der Waals surface area (Å²) >= 11 is 1.55. The van der Waals surface area contributed by atoms with Crippen molar-refractivity contribution in [3.63, 3.8) is 0 Å². The summed E-state index contributed by atoms with van der Waals surface area (Å²) in [5.41, 5.74) is 3.97. The zero-order valence-corrected chi connectivity index (χ0v) is 18.3. The highest BCUT2D eigenvalue weighted by atomic mass is 32.1. The van der Waals surface area contributed by atoms with Crippen LogP contribution in [-0.2, 0) is 21.4 Å². The number of nitrogens with one attached hydrogen (secondary N) is 3. The molecule has 3 aromatic heterocycles. The second kappa shape index (κ2) is 7.05. The number of carbonyl (C=O) groups is 2. The lowest BCUT2D eigenvalue weighted by atomic mass is 9.86. The Hall–Kier alpha value is -3.46. The lowest BCUT2D eigenvalue weighted by Crippen LogP contribution is -2.35. The maximum atomic E-state index is 12.8. The van der Waals surface area contributed by atoms with Crippen molar-refractivity contribution < 1.29 is 9.59 Å². The number of benzene rings is 1. The number of H-pyrrole nitrogens is 2. The highest BCUT2D eigenvalue weighted by Gasteiger charge is 2.43. The molecule has 1 aliphatic heterocycles. The van der Waals surface area contributed by atoms with Gasteiger partial charge in [-0.3, -0.25) is 14.7 Å².